The van der Waals surface area contributed by atoms with E-state index in [1.54, 1.807) is 50.1 Å². The lowest BCUT2D eigenvalue weighted by Gasteiger charge is -2.27. The minimum absolute atomic E-state index is 0.0514. The van der Waals surface area contributed by atoms with E-state index in [4.69, 9.17) is 0 Å². The maximum Gasteiger partial charge on any atom is 0.236 e. The SMILES string of the molecule is CC(c1ccc(F)cc1)N(C)C(=O)CN(C)CC(=O)N(C)C. The third kappa shape index (κ3) is 5.11. The molecule has 0 saturated heterocycles. The van der Waals surface area contributed by atoms with Crippen molar-refractivity contribution in [2.24, 2.45) is 0 Å². The topological polar surface area (TPSA) is 43.9 Å². The molecule has 0 N–H and O–H groups in total. The second kappa shape index (κ2) is 7.89. The molecule has 0 aromatic heterocycles. The molecule has 22 heavy (non-hydrogen) atoms. The molecule has 0 bridgehead atoms. The minimum atomic E-state index is -0.299. The summed E-state index contributed by atoms with van der Waals surface area (Å²) in [6.45, 7) is 2.23. The molecule has 122 valence electrons. The van der Waals surface area contributed by atoms with Crippen LogP contribution >= 0.6 is 0 Å². The Morgan fingerprint density at radius 2 is 1.50 bits per heavy atom. The van der Waals surface area contributed by atoms with Gasteiger partial charge in [0.25, 0.3) is 0 Å². The van der Waals surface area contributed by atoms with Crippen LogP contribution in [-0.4, -0.2) is 67.8 Å². The molecular weight excluding hydrogens is 285 g/mol. The third-order valence-electron chi connectivity index (χ3n) is 3.64. The van der Waals surface area contributed by atoms with Gasteiger partial charge in [0.1, 0.15) is 5.82 Å². The van der Waals surface area contributed by atoms with Crippen LogP contribution in [0.2, 0.25) is 0 Å². The fraction of sp³-hybridized carbons (Fsp3) is 0.500. The zero-order valence-corrected chi connectivity index (χ0v) is 13.8. The van der Waals surface area contributed by atoms with Crippen LogP contribution in [0.5, 0.6) is 0 Å². The van der Waals surface area contributed by atoms with E-state index in [1.807, 2.05) is 6.92 Å². The maximum absolute atomic E-state index is 12.9. The van der Waals surface area contributed by atoms with Crippen molar-refractivity contribution >= 4 is 11.8 Å². The number of carbonyl (C=O) groups excluding carboxylic acids is 2. The Kier molecular flexibility index (Phi) is 6.49. The Labute approximate surface area is 131 Å². The number of likely N-dealkylation sites (N-methyl/N-ethyl adjacent to an activating group) is 3. The summed E-state index contributed by atoms with van der Waals surface area (Å²) < 4.78 is 12.9. The summed E-state index contributed by atoms with van der Waals surface area (Å²) in [6, 6.07) is 5.94. The third-order valence-corrected chi connectivity index (χ3v) is 3.64. The van der Waals surface area contributed by atoms with Gasteiger partial charge in [0, 0.05) is 21.1 Å². The number of benzene rings is 1. The summed E-state index contributed by atoms with van der Waals surface area (Å²) in [5.74, 6) is -0.442. The average Bonchev–Trinajstić information content (AvgIpc) is 2.46. The van der Waals surface area contributed by atoms with E-state index in [0.29, 0.717) is 0 Å². The second-order valence-electron chi connectivity index (χ2n) is 5.69. The molecule has 0 fully saturated rings. The normalized spacial score (nSPS) is 12.1. The lowest BCUT2D eigenvalue weighted by atomic mass is 10.1. The summed E-state index contributed by atoms with van der Waals surface area (Å²) in [6.07, 6.45) is 0. The predicted molar refractivity (Wildman–Crippen MR) is 83.8 cm³/mol. The van der Waals surface area contributed by atoms with Crippen LogP contribution in [0.1, 0.15) is 18.5 Å². The van der Waals surface area contributed by atoms with E-state index in [-0.39, 0.29) is 36.8 Å². The number of hydrogen-bond donors (Lipinski definition) is 0. The largest absolute Gasteiger partial charge is 0.348 e. The van der Waals surface area contributed by atoms with E-state index in [2.05, 4.69) is 0 Å². The van der Waals surface area contributed by atoms with Crippen LogP contribution in [0.15, 0.2) is 24.3 Å². The number of amides is 2. The lowest BCUT2D eigenvalue weighted by Crippen LogP contribution is -2.41. The highest BCUT2D eigenvalue weighted by molar-refractivity contribution is 5.81. The van der Waals surface area contributed by atoms with Crippen LogP contribution in [0.4, 0.5) is 4.39 Å². The zero-order valence-electron chi connectivity index (χ0n) is 13.8. The number of nitrogens with zero attached hydrogens (tertiary/aromatic N) is 3. The highest BCUT2D eigenvalue weighted by Gasteiger charge is 2.19. The Balaban J connectivity index is 2.60. The Morgan fingerprint density at radius 1 is 1.00 bits per heavy atom. The molecule has 0 heterocycles. The molecule has 2 amide bonds. The van der Waals surface area contributed by atoms with Crippen molar-refractivity contribution in [1.82, 2.24) is 14.7 Å². The molecule has 0 aliphatic carbocycles. The highest BCUT2D eigenvalue weighted by Crippen LogP contribution is 2.19. The smallest absolute Gasteiger partial charge is 0.236 e. The Bertz CT molecular complexity index is 517. The molecule has 6 heteroatoms. The highest BCUT2D eigenvalue weighted by atomic mass is 19.1. The van der Waals surface area contributed by atoms with Crippen molar-refractivity contribution in [1.29, 1.82) is 0 Å². The van der Waals surface area contributed by atoms with Gasteiger partial charge in [-0.15, -0.1) is 0 Å². The summed E-state index contributed by atoms with van der Waals surface area (Å²) in [4.78, 5) is 28.7. The molecular formula is C16H24FN3O2. The van der Waals surface area contributed by atoms with E-state index >= 15 is 0 Å². The molecule has 0 spiro atoms. The van der Waals surface area contributed by atoms with E-state index in [0.717, 1.165) is 5.56 Å². The van der Waals surface area contributed by atoms with Crippen molar-refractivity contribution in [2.75, 3.05) is 41.3 Å². The predicted octanol–water partition coefficient (Wildman–Crippen LogP) is 1.37. The molecule has 0 aliphatic rings. The van der Waals surface area contributed by atoms with Gasteiger partial charge >= 0.3 is 0 Å². The van der Waals surface area contributed by atoms with Crippen LogP contribution in [0.25, 0.3) is 0 Å². The standard InChI is InChI=1S/C16H24FN3O2/c1-12(13-6-8-14(17)9-7-13)20(5)16(22)11-19(4)10-15(21)18(2)3/h6-9,12H,10-11H2,1-5H3. The van der Waals surface area contributed by atoms with E-state index in [1.165, 1.54) is 17.0 Å². The first kappa shape index (κ1) is 18.1. The second-order valence-corrected chi connectivity index (χ2v) is 5.69. The van der Waals surface area contributed by atoms with Gasteiger partial charge in [-0.3, -0.25) is 14.5 Å². The van der Waals surface area contributed by atoms with E-state index < -0.39 is 0 Å². The first-order chi connectivity index (χ1) is 10.2. The summed E-state index contributed by atoms with van der Waals surface area (Å²) in [7, 11) is 6.80. The molecule has 0 radical (unpaired) electrons. The molecule has 1 atom stereocenters. The van der Waals surface area contributed by atoms with Crippen molar-refractivity contribution in [2.45, 2.75) is 13.0 Å². The Morgan fingerprint density at radius 3 is 2.00 bits per heavy atom. The summed E-state index contributed by atoms with van der Waals surface area (Å²) in [5, 5.41) is 0. The summed E-state index contributed by atoms with van der Waals surface area (Å²) >= 11 is 0. The first-order valence-corrected chi connectivity index (χ1v) is 7.12. The fourth-order valence-electron chi connectivity index (χ4n) is 1.95. The Hall–Kier alpha value is -1.95. The van der Waals surface area contributed by atoms with Crippen molar-refractivity contribution in [3.8, 4) is 0 Å². The van der Waals surface area contributed by atoms with Crippen molar-refractivity contribution in [3.63, 3.8) is 0 Å². The number of carbonyl (C=O) groups is 2. The van der Waals surface area contributed by atoms with Gasteiger partial charge in [0.2, 0.25) is 11.8 Å². The molecule has 1 unspecified atom stereocenters. The van der Waals surface area contributed by atoms with E-state index in [9.17, 15) is 14.0 Å². The van der Waals surface area contributed by atoms with Gasteiger partial charge in [-0.2, -0.15) is 0 Å². The lowest BCUT2D eigenvalue weighted by molar-refractivity contribution is -0.134. The quantitative estimate of drug-likeness (QED) is 0.797. The van der Waals surface area contributed by atoms with Gasteiger partial charge in [-0.1, -0.05) is 12.1 Å². The van der Waals surface area contributed by atoms with Gasteiger partial charge in [-0.05, 0) is 31.7 Å². The molecule has 1 rings (SSSR count). The van der Waals surface area contributed by atoms with Gasteiger partial charge in [-0.25, -0.2) is 4.39 Å². The minimum Gasteiger partial charge on any atom is -0.348 e. The summed E-state index contributed by atoms with van der Waals surface area (Å²) in [5.41, 5.74) is 0.865. The fourth-order valence-corrected chi connectivity index (χ4v) is 1.95. The maximum atomic E-state index is 12.9. The van der Waals surface area contributed by atoms with Gasteiger partial charge < -0.3 is 9.80 Å². The average molecular weight is 309 g/mol. The molecule has 1 aromatic rings. The molecule has 0 saturated carbocycles. The van der Waals surface area contributed by atoms with Crippen LogP contribution in [-0.2, 0) is 9.59 Å². The number of halogens is 1. The zero-order chi connectivity index (χ0) is 16.9. The molecule has 1 aromatic carbocycles. The van der Waals surface area contributed by atoms with Crippen molar-refractivity contribution in [3.05, 3.63) is 35.6 Å². The first-order valence-electron chi connectivity index (χ1n) is 7.12. The number of rotatable bonds is 6. The van der Waals surface area contributed by atoms with Gasteiger partial charge in [0.15, 0.2) is 0 Å². The molecule has 0 aliphatic heterocycles. The van der Waals surface area contributed by atoms with Crippen LogP contribution in [0.3, 0.4) is 0 Å². The molecule has 5 nitrogen and oxygen atoms in total. The van der Waals surface area contributed by atoms with Crippen LogP contribution in [0, 0.1) is 5.82 Å². The van der Waals surface area contributed by atoms with Gasteiger partial charge in [0.05, 0.1) is 19.1 Å². The monoisotopic (exact) mass is 309 g/mol. The number of hydrogen-bond acceptors (Lipinski definition) is 3. The van der Waals surface area contributed by atoms with Crippen molar-refractivity contribution < 1.29 is 14.0 Å². The van der Waals surface area contributed by atoms with Crippen LogP contribution < -0.4 is 0 Å².